The minimum Gasteiger partial charge on any atom is -0.434 e. The first kappa shape index (κ1) is 22.3. The fraction of sp³-hybridized carbons (Fsp3) is 0.269. The van der Waals surface area contributed by atoms with Gasteiger partial charge in [-0.1, -0.05) is 36.4 Å². The van der Waals surface area contributed by atoms with Crippen molar-refractivity contribution in [2.45, 2.75) is 25.8 Å². The van der Waals surface area contributed by atoms with Gasteiger partial charge in [-0.2, -0.15) is 0 Å². The van der Waals surface area contributed by atoms with Gasteiger partial charge in [0.25, 0.3) is 11.8 Å². The number of hydrogen-bond acceptors (Lipinski definition) is 5. The Morgan fingerprint density at radius 2 is 1.64 bits per heavy atom. The van der Waals surface area contributed by atoms with E-state index in [9.17, 15) is 14.4 Å². The van der Waals surface area contributed by atoms with Crippen LogP contribution >= 0.6 is 0 Å². The van der Waals surface area contributed by atoms with Gasteiger partial charge in [0, 0.05) is 30.3 Å². The van der Waals surface area contributed by atoms with Crippen molar-refractivity contribution in [3.8, 4) is 5.75 Å². The Hall–Kier alpha value is -3.87. The smallest absolute Gasteiger partial charge is 0.434 e. The van der Waals surface area contributed by atoms with E-state index in [-0.39, 0.29) is 24.5 Å². The SMILES string of the molecule is CCOC(=O)Oc1ccc(C(=O)N2CCC(NC(=O)c3cccc4ccccc34)CC2)cc1. The van der Waals surface area contributed by atoms with Crippen LogP contribution in [0.25, 0.3) is 10.8 Å². The number of carbonyl (C=O) groups excluding carboxylic acids is 3. The summed E-state index contributed by atoms with van der Waals surface area (Å²) in [5, 5.41) is 5.09. The van der Waals surface area contributed by atoms with Crippen molar-refractivity contribution >= 4 is 28.7 Å². The van der Waals surface area contributed by atoms with Crippen LogP contribution in [0.2, 0.25) is 0 Å². The monoisotopic (exact) mass is 446 g/mol. The minimum absolute atomic E-state index is 0.0147. The van der Waals surface area contributed by atoms with Gasteiger partial charge in [0.15, 0.2) is 0 Å². The van der Waals surface area contributed by atoms with E-state index in [1.54, 1.807) is 36.1 Å². The van der Waals surface area contributed by atoms with Crippen LogP contribution in [-0.4, -0.2) is 48.6 Å². The molecule has 7 nitrogen and oxygen atoms in total. The van der Waals surface area contributed by atoms with Gasteiger partial charge in [0.05, 0.1) is 6.61 Å². The van der Waals surface area contributed by atoms with E-state index in [0.29, 0.717) is 42.8 Å². The van der Waals surface area contributed by atoms with Crippen LogP contribution in [0.15, 0.2) is 66.7 Å². The summed E-state index contributed by atoms with van der Waals surface area (Å²) in [4.78, 5) is 38.9. The normalized spacial score (nSPS) is 14.0. The van der Waals surface area contributed by atoms with Crippen molar-refractivity contribution in [3.05, 3.63) is 77.9 Å². The quantitative estimate of drug-likeness (QED) is 0.464. The zero-order valence-electron chi connectivity index (χ0n) is 18.5. The summed E-state index contributed by atoms with van der Waals surface area (Å²) in [6.45, 7) is 3.04. The van der Waals surface area contributed by atoms with Crippen LogP contribution in [0.5, 0.6) is 5.75 Å². The Bertz CT molecular complexity index is 1150. The first-order chi connectivity index (χ1) is 16.0. The number of amides is 2. The standard InChI is InChI=1S/C26H26N2O5/c1-2-32-26(31)33-21-12-10-19(11-13-21)25(30)28-16-14-20(15-17-28)27-24(29)23-9-5-7-18-6-3-4-8-22(18)23/h3-13,20H,2,14-17H2,1H3,(H,27,29). The van der Waals surface area contributed by atoms with Crippen LogP contribution in [-0.2, 0) is 4.74 Å². The molecule has 3 aromatic rings. The molecular weight excluding hydrogens is 420 g/mol. The number of carbonyl (C=O) groups is 3. The minimum atomic E-state index is -0.774. The summed E-state index contributed by atoms with van der Waals surface area (Å²) in [7, 11) is 0. The summed E-state index contributed by atoms with van der Waals surface area (Å²) in [5.74, 6) is 0.144. The molecular formula is C26H26N2O5. The Labute approximate surface area is 192 Å². The van der Waals surface area contributed by atoms with Crippen LogP contribution in [0.1, 0.15) is 40.5 Å². The molecule has 0 radical (unpaired) electrons. The maximum absolute atomic E-state index is 12.9. The molecule has 0 saturated carbocycles. The third-order valence-electron chi connectivity index (χ3n) is 5.72. The third-order valence-corrected chi connectivity index (χ3v) is 5.72. The van der Waals surface area contributed by atoms with Gasteiger partial charge in [-0.25, -0.2) is 4.79 Å². The van der Waals surface area contributed by atoms with E-state index < -0.39 is 6.16 Å². The summed E-state index contributed by atoms with van der Waals surface area (Å²) in [6.07, 6.45) is 0.600. The third kappa shape index (κ3) is 5.31. The lowest BCUT2D eigenvalue weighted by Crippen LogP contribution is -2.46. The van der Waals surface area contributed by atoms with E-state index in [1.165, 1.54) is 0 Å². The van der Waals surface area contributed by atoms with E-state index in [2.05, 4.69) is 5.32 Å². The Morgan fingerprint density at radius 1 is 0.939 bits per heavy atom. The van der Waals surface area contributed by atoms with Gasteiger partial charge in [0.2, 0.25) is 0 Å². The van der Waals surface area contributed by atoms with Gasteiger partial charge >= 0.3 is 6.16 Å². The molecule has 0 spiro atoms. The van der Waals surface area contributed by atoms with Crippen LogP contribution in [0.3, 0.4) is 0 Å². The van der Waals surface area contributed by atoms with Crippen molar-refractivity contribution in [3.63, 3.8) is 0 Å². The lowest BCUT2D eigenvalue weighted by molar-refractivity contribution is 0.0698. The molecule has 1 heterocycles. The Morgan fingerprint density at radius 3 is 2.36 bits per heavy atom. The van der Waals surface area contributed by atoms with Gasteiger partial charge in [-0.3, -0.25) is 9.59 Å². The second-order valence-corrected chi connectivity index (χ2v) is 7.88. The van der Waals surface area contributed by atoms with Gasteiger partial charge < -0.3 is 19.7 Å². The molecule has 33 heavy (non-hydrogen) atoms. The van der Waals surface area contributed by atoms with E-state index in [1.807, 2.05) is 42.5 Å². The topological polar surface area (TPSA) is 84.9 Å². The predicted molar refractivity (Wildman–Crippen MR) is 124 cm³/mol. The number of likely N-dealkylation sites (tertiary alicyclic amines) is 1. The maximum Gasteiger partial charge on any atom is 0.513 e. The molecule has 0 unspecified atom stereocenters. The molecule has 1 aliphatic heterocycles. The van der Waals surface area contributed by atoms with Crippen LogP contribution in [0, 0.1) is 0 Å². The molecule has 1 N–H and O–H groups in total. The van der Waals surface area contributed by atoms with Gasteiger partial charge in [-0.15, -0.1) is 0 Å². The fourth-order valence-electron chi connectivity index (χ4n) is 4.01. The molecule has 2 amide bonds. The fourth-order valence-corrected chi connectivity index (χ4v) is 4.01. The summed E-state index contributed by atoms with van der Waals surface area (Å²) < 4.78 is 9.76. The Kier molecular flexibility index (Phi) is 6.88. The second kappa shape index (κ2) is 10.2. The van der Waals surface area contributed by atoms with Crippen LogP contribution in [0.4, 0.5) is 4.79 Å². The number of piperidine rings is 1. The van der Waals surface area contributed by atoms with Gasteiger partial charge in [-0.05, 0) is 60.9 Å². The van der Waals surface area contributed by atoms with E-state index >= 15 is 0 Å². The zero-order chi connectivity index (χ0) is 23.2. The van der Waals surface area contributed by atoms with Gasteiger partial charge in [0.1, 0.15) is 5.75 Å². The molecule has 0 aromatic heterocycles. The lowest BCUT2D eigenvalue weighted by atomic mass is 10.0. The molecule has 170 valence electrons. The maximum atomic E-state index is 12.9. The number of benzene rings is 3. The lowest BCUT2D eigenvalue weighted by Gasteiger charge is -2.32. The summed E-state index contributed by atoms with van der Waals surface area (Å²) in [5.41, 5.74) is 1.18. The molecule has 0 aliphatic carbocycles. The van der Waals surface area contributed by atoms with Crippen molar-refractivity contribution in [2.24, 2.45) is 0 Å². The second-order valence-electron chi connectivity index (χ2n) is 7.88. The molecule has 0 atom stereocenters. The highest BCUT2D eigenvalue weighted by Crippen LogP contribution is 2.21. The molecule has 0 bridgehead atoms. The number of hydrogen-bond donors (Lipinski definition) is 1. The number of nitrogens with one attached hydrogen (secondary N) is 1. The summed E-state index contributed by atoms with van der Waals surface area (Å²) >= 11 is 0. The van der Waals surface area contributed by atoms with Crippen LogP contribution < -0.4 is 10.1 Å². The predicted octanol–water partition coefficient (Wildman–Crippen LogP) is 4.41. The Balaban J connectivity index is 1.31. The number of nitrogens with zero attached hydrogens (tertiary/aromatic N) is 1. The molecule has 3 aromatic carbocycles. The van der Waals surface area contributed by atoms with Crippen molar-refractivity contribution in [2.75, 3.05) is 19.7 Å². The average molecular weight is 447 g/mol. The number of ether oxygens (including phenoxy) is 2. The first-order valence-electron chi connectivity index (χ1n) is 11.1. The zero-order valence-corrected chi connectivity index (χ0v) is 18.5. The van der Waals surface area contributed by atoms with E-state index in [0.717, 1.165) is 10.8 Å². The van der Waals surface area contributed by atoms with Crippen molar-refractivity contribution in [1.82, 2.24) is 10.2 Å². The first-order valence-corrected chi connectivity index (χ1v) is 11.1. The molecule has 7 heteroatoms. The number of fused-ring (bicyclic) bond motifs is 1. The van der Waals surface area contributed by atoms with E-state index in [4.69, 9.17) is 9.47 Å². The highest BCUT2D eigenvalue weighted by molar-refractivity contribution is 6.07. The summed E-state index contributed by atoms with van der Waals surface area (Å²) in [6, 6.07) is 20.0. The molecule has 1 fully saturated rings. The molecule has 1 saturated heterocycles. The average Bonchev–Trinajstić information content (AvgIpc) is 2.84. The largest absolute Gasteiger partial charge is 0.513 e. The molecule has 4 rings (SSSR count). The molecule has 1 aliphatic rings. The van der Waals surface area contributed by atoms with Crippen molar-refractivity contribution < 1.29 is 23.9 Å². The number of rotatable bonds is 5. The van der Waals surface area contributed by atoms with Crippen molar-refractivity contribution in [1.29, 1.82) is 0 Å². The highest BCUT2D eigenvalue weighted by atomic mass is 16.7. The highest BCUT2D eigenvalue weighted by Gasteiger charge is 2.25.